The van der Waals surface area contributed by atoms with Gasteiger partial charge in [-0.05, 0) is 12.1 Å². The molecule has 1 aliphatic heterocycles. The number of fused-ring (bicyclic) bond motifs is 1. The minimum atomic E-state index is 0.166. The SMILES string of the molecule is O=C1SCNc2ccccc21. The molecule has 2 nitrogen and oxygen atoms in total. The summed E-state index contributed by atoms with van der Waals surface area (Å²) in [7, 11) is 0. The van der Waals surface area contributed by atoms with E-state index >= 15 is 0 Å². The summed E-state index contributed by atoms with van der Waals surface area (Å²) in [5.74, 6) is 0.690. The molecule has 0 fully saturated rings. The zero-order valence-electron chi connectivity index (χ0n) is 5.83. The summed E-state index contributed by atoms with van der Waals surface area (Å²) in [6, 6.07) is 7.57. The van der Waals surface area contributed by atoms with Gasteiger partial charge in [0.25, 0.3) is 0 Å². The molecule has 1 aromatic rings. The van der Waals surface area contributed by atoms with Gasteiger partial charge in [0.05, 0.1) is 11.4 Å². The number of benzene rings is 1. The van der Waals surface area contributed by atoms with Crippen LogP contribution < -0.4 is 5.32 Å². The number of thioether (sulfide) groups is 1. The van der Waals surface area contributed by atoms with Crippen LogP contribution in [-0.4, -0.2) is 11.0 Å². The van der Waals surface area contributed by atoms with Gasteiger partial charge >= 0.3 is 0 Å². The van der Waals surface area contributed by atoms with E-state index in [9.17, 15) is 4.79 Å². The maximum absolute atomic E-state index is 11.2. The molecule has 3 heteroatoms. The van der Waals surface area contributed by atoms with Gasteiger partial charge in [0.2, 0.25) is 5.12 Å². The Hall–Kier alpha value is -0.960. The molecule has 0 unspecified atom stereocenters. The van der Waals surface area contributed by atoms with Gasteiger partial charge < -0.3 is 5.32 Å². The molecule has 0 atom stereocenters. The first-order chi connectivity index (χ1) is 5.38. The van der Waals surface area contributed by atoms with E-state index in [-0.39, 0.29) is 5.12 Å². The Labute approximate surface area is 69.0 Å². The molecule has 11 heavy (non-hydrogen) atoms. The molecule has 2 rings (SSSR count). The van der Waals surface area contributed by atoms with Crippen LogP contribution >= 0.6 is 11.8 Å². The maximum atomic E-state index is 11.2. The van der Waals surface area contributed by atoms with Crippen LogP contribution in [0.4, 0.5) is 5.69 Å². The molecule has 0 bridgehead atoms. The van der Waals surface area contributed by atoms with Crippen LogP contribution in [0.25, 0.3) is 0 Å². The van der Waals surface area contributed by atoms with Gasteiger partial charge in [0, 0.05) is 5.69 Å². The fraction of sp³-hybridized carbons (Fsp3) is 0.125. The largest absolute Gasteiger partial charge is 0.375 e. The molecule has 1 aromatic carbocycles. The molecule has 0 saturated carbocycles. The highest BCUT2D eigenvalue weighted by atomic mass is 32.2. The monoisotopic (exact) mass is 165 g/mol. The minimum Gasteiger partial charge on any atom is -0.375 e. The summed E-state index contributed by atoms with van der Waals surface area (Å²) in [5, 5.41) is 3.30. The fourth-order valence-corrected chi connectivity index (χ4v) is 1.76. The lowest BCUT2D eigenvalue weighted by molar-refractivity contribution is 0.108. The van der Waals surface area contributed by atoms with Crippen LogP contribution in [0.15, 0.2) is 24.3 Å². The second kappa shape index (κ2) is 2.58. The number of carbonyl (C=O) groups is 1. The van der Waals surface area contributed by atoms with Crippen molar-refractivity contribution in [3.8, 4) is 0 Å². The third-order valence-electron chi connectivity index (χ3n) is 1.61. The van der Waals surface area contributed by atoms with Crippen molar-refractivity contribution in [1.29, 1.82) is 0 Å². The number of hydrogen-bond donors (Lipinski definition) is 1. The van der Waals surface area contributed by atoms with Gasteiger partial charge in [-0.25, -0.2) is 0 Å². The van der Waals surface area contributed by atoms with Crippen LogP contribution in [0.1, 0.15) is 10.4 Å². The van der Waals surface area contributed by atoms with Gasteiger partial charge in [-0.3, -0.25) is 4.79 Å². The molecule has 0 radical (unpaired) electrons. The highest BCUT2D eigenvalue weighted by Gasteiger charge is 2.15. The number of anilines is 1. The number of hydrogen-bond acceptors (Lipinski definition) is 3. The van der Waals surface area contributed by atoms with E-state index in [0.29, 0.717) is 5.88 Å². The Bertz CT molecular complexity index is 298. The third-order valence-corrected chi connectivity index (χ3v) is 2.38. The van der Waals surface area contributed by atoms with Gasteiger partial charge in [0.1, 0.15) is 0 Å². The van der Waals surface area contributed by atoms with Gasteiger partial charge in [-0.2, -0.15) is 0 Å². The topological polar surface area (TPSA) is 29.1 Å². The summed E-state index contributed by atoms with van der Waals surface area (Å²) in [6.07, 6.45) is 0. The molecular weight excluding hydrogens is 158 g/mol. The fourth-order valence-electron chi connectivity index (χ4n) is 1.07. The molecule has 1 aliphatic rings. The average Bonchev–Trinajstić information content (AvgIpc) is 2.06. The summed E-state index contributed by atoms with van der Waals surface area (Å²) in [4.78, 5) is 11.2. The first-order valence-corrected chi connectivity index (χ1v) is 4.36. The number of nitrogens with one attached hydrogen (secondary N) is 1. The van der Waals surface area contributed by atoms with E-state index in [4.69, 9.17) is 0 Å². The van der Waals surface area contributed by atoms with Crippen LogP contribution in [0.3, 0.4) is 0 Å². The third kappa shape index (κ3) is 1.12. The lowest BCUT2D eigenvalue weighted by Crippen LogP contribution is -2.11. The van der Waals surface area contributed by atoms with Crippen LogP contribution in [0, 0.1) is 0 Å². The van der Waals surface area contributed by atoms with E-state index in [1.165, 1.54) is 11.8 Å². The Morgan fingerprint density at radius 2 is 2.18 bits per heavy atom. The van der Waals surface area contributed by atoms with E-state index in [1.807, 2.05) is 24.3 Å². The first kappa shape index (κ1) is 6.73. The lowest BCUT2D eigenvalue weighted by atomic mass is 10.2. The highest BCUT2D eigenvalue weighted by Crippen LogP contribution is 2.25. The van der Waals surface area contributed by atoms with Gasteiger partial charge in [-0.15, -0.1) is 0 Å². The summed E-state index contributed by atoms with van der Waals surface area (Å²) in [5.41, 5.74) is 1.75. The van der Waals surface area contributed by atoms with Crippen molar-refractivity contribution >= 4 is 22.6 Å². The molecule has 1 N–H and O–H groups in total. The Morgan fingerprint density at radius 3 is 3.00 bits per heavy atom. The van der Waals surface area contributed by atoms with Crippen molar-refractivity contribution < 1.29 is 4.79 Å². The van der Waals surface area contributed by atoms with Crippen molar-refractivity contribution in [2.75, 3.05) is 11.2 Å². The second-order valence-electron chi connectivity index (χ2n) is 2.30. The lowest BCUT2D eigenvalue weighted by Gasteiger charge is -2.14. The minimum absolute atomic E-state index is 0.166. The summed E-state index contributed by atoms with van der Waals surface area (Å²) >= 11 is 1.31. The number of carbonyl (C=O) groups excluding carboxylic acids is 1. The summed E-state index contributed by atoms with van der Waals surface area (Å²) < 4.78 is 0. The zero-order chi connectivity index (χ0) is 7.68. The van der Waals surface area contributed by atoms with Crippen molar-refractivity contribution in [3.63, 3.8) is 0 Å². The average molecular weight is 165 g/mol. The number of para-hydroxylation sites is 1. The number of rotatable bonds is 0. The molecular formula is C8H7NOS. The van der Waals surface area contributed by atoms with Crippen molar-refractivity contribution in [3.05, 3.63) is 29.8 Å². The van der Waals surface area contributed by atoms with Crippen LogP contribution in [0.5, 0.6) is 0 Å². The quantitative estimate of drug-likeness (QED) is 0.637. The van der Waals surface area contributed by atoms with Crippen LogP contribution in [-0.2, 0) is 0 Å². The Morgan fingerprint density at radius 1 is 1.36 bits per heavy atom. The van der Waals surface area contributed by atoms with Gasteiger partial charge in [-0.1, -0.05) is 23.9 Å². The second-order valence-corrected chi connectivity index (χ2v) is 3.25. The molecule has 1 heterocycles. The van der Waals surface area contributed by atoms with E-state index < -0.39 is 0 Å². The predicted molar refractivity (Wildman–Crippen MR) is 46.9 cm³/mol. The summed E-state index contributed by atoms with van der Waals surface area (Å²) in [6.45, 7) is 0. The zero-order valence-corrected chi connectivity index (χ0v) is 6.65. The van der Waals surface area contributed by atoms with Crippen molar-refractivity contribution in [2.24, 2.45) is 0 Å². The smallest absolute Gasteiger partial charge is 0.223 e. The Kier molecular flexibility index (Phi) is 1.58. The van der Waals surface area contributed by atoms with E-state index in [0.717, 1.165) is 11.3 Å². The molecule has 0 aliphatic carbocycles. The predicted octanol–water partition coefficient (Wildman–Crippen LogP) is 1.94. The van der Waals surface area contributed by atoms with Gasteiger partial charge in [0.15, 0.2) is 0 Å². The molecule has 0 saturated heterocycles. The van der Waals surface area contributed by atoms with Crippen molar-refractivity contribution in [1.82, 2.24) is 0 Å². The molecule has 0 aromatic heterocycles. The highest BCUT2D eigenvalue weighted by molar-refractivity contribution is 8.14. The van der Waals surface area contributed by atoms with E-state index in [2.05, 4.69) is 5.32 Å². The molecule has 56 valence electrons. The normalized spacial score (nSPS) is 15.5. The molecule has 0 amide bonds. The Balaban J connectivity index is 2.52. The van der Waals surface area contributed by atoms with Crippen molar-refractivity contribution in [2.45, 2.75) is 0 Å². The standard InChI is InChI=1S/C8H7NOS/c10-8-6-3-1-2-4-7(6)9-5-11-8/h1-4,9H,5H2. The van der Waals surface area contributed by atoms with E-state index in [1.54, 1.807) is 0 Å². The van der Waals surface area contributed by atoms with Crippen LogP contribution in [0.2, 0.25) is 0 Å². The maximum Gasteiger partial charge on any atom is 0.223 e. The molecule has 0 spiro atoms. The first-order valence-electron chi connectivity index (χ1n) is 3.38.